The topological polar surface area (TPSA) is 55.1 Å². The molecule has 0 unspecified atom stereocenters. The highest BCUT2D eigenvalue weighted by molar-refractivity contribution is 6.31. The highest BCUT2D eigenvalue weighted by atomic mass is 35.5. The van der Waals surface area contributed by atoms with Crippen molar-refractivity contribution in [3.8, 4) is 0 Å². The molecule has 4 heteroatoms. The number of hydrogen-bond acceptors (Lipinski definition) is 2. The van der Waals surface area contributed by atoms with Gasteiger partial charge in [0.1, 0.15) is 0 Å². The van der Waals surface area contributed by atoms with E-state index in [0.29, 0.717) is 22.0 Å². The van der Waals surface area contributed by atoms with Gasteiger partial charge in [-0.1, -0.05) is 23.7 Å². The van der Waals surface area contributed by atoms with E-state index in [0.717, 1.165) is 5.56 Å². The Morgan fingerprint density at radius 2 is 2.00 bits per heavy atom. The lowest BCUT2D eigenvalue weighted by Crippen LogP contribution is -2.12. The van der Waals surface area contributed by atoms with Crippen molar-refractivity contribution < 1.29 is 4.79 Å². The van der Waals surface area contributed by atoms with Crippen molar-refractivity contribution in [3.63, 3.8) is 0 Å². The average molecular weight is 261 g/mol. The third-order valence-electron chi connectivity index (χ3n) is 2.62. The van der Waals surface area contributed by atoms with Crippen LogP contribution in [-0.4, -0.2) is 5.91 Å². The van der Waals surface area contributed by atoms with Crippen molar-refractivity contribution in [2.24, 2.45) is 0 Å². The zero-order chi connectivity index (χ0) is 13.1. The van der Waals surface area contributed by atoms with Gasteiger partial charge in [-0.05, 0) is 42.8 Å². The third-order valence-corrected chi connectivity index (χ3v) is 2.86. The van der Waals surface area contributed by atoms with Crippen molar-refractivity contribution in [1.82, 2.24) is 0 Å². The molecule has 3 N–H and O–H groups in total. The molecule has 0 aromatic heterocycles. The van der Waals surface area contributed by atoms with E-state index in [9.17, 15) is 4.79 Å². The number of anilines is 2. The smallest absolute Gasteiger partial charge is 0.255 e. The highest BCUT2D eigenvalue weighted by Gasteiger charge is 2.06. The Labute approximate surface area is 111 Å². The molecule has 0 fully saturated rings. The van der Waals surface area contributed by atoms with E-state index in [2.05, 4.69) is 5.32 Å². The fraction of sp³-hybridized carbons (Fsp3) is 0.0714. The number of halogens is 1. The molecule has 3 nitrogen and oxygen atoms in total. The fourth-order valence-electron chi connectivity index (χ4n) is 1.55. The molecule has 0 aliphatic carbocycles. The van der Waals surface area contributed by atoms with Gasteiger partial charge in [-0.25, -0.2) is 0 Å². The van der Waals surface area contributed by atoms with Gasteiger partial charge in [0, 0.05) is 22.0 Å². The van der Waals surface area contributed by atoms with Crippen molar-refractivity contribution in [3.05, 3.63) is 58.6 Å². The Morgan fingerprint density at radius 3 is 2.67 bits per heavy atom. The summed E-state index contributed by atoms with van der Waals surface area (Å²) in [6.45, 7) is 1.91. The number of amides is 1. The molecule has 0 saturated carbocycles. The number of nitrogens with one attached hydrogen (secondary N) is 1. The summed E-state index contributed by atoms with van der Waals surface area (Å²) in [4.78, 5) is 12.0. The van der Waals surface area contributed by atoms with E-state index < -0.39 is 0 Å². The van der Waals surface area contributed by atoms with Crippen LogP contribution in [0.5, 0.6) is 0 Å². The zero-order valence-electron chi connectivity index (χ0n) is 9.91. The van der Waals surface area contributed by atoms with Gasteiger partial charge in [0.05, 0.1) is 0 Å². The van der Waals surface area contributed by atoms with Gasteiger partial charge in [-0.15, -0.1) is 0 Å². The summed E-state index contributed by atoms with van der Waals surface area (Å²) in [5, 5.41) is 3.31. The number of rotatable bonds is 2. The molecule has 0 radical (unpaired) electrons. The Kier molecular flexibility index (Phi) is 3.53. The van der Waals surface area contributed by atoms with E-state index in [4.69, 9.17) is 17.3 Å². The van der Waals surface area contributed by atoms with Crippen LogP contribution >= 0.6 is 11.6 Å². The second-order valence-corrected chi connectivity index (χ2v) is 4.47. The first-order chi connectivity index (χ1) is 8.56. The molecule has 0 aliphatic heterocycles. The van der Waals surface area contributed by atoms with Crippen LogP contribution in [0.15, 0.2) is 42.5 Å². The van der Waals surface area contributed by atoms with Crippen LogP contribution in [0.1, 0.15) is 15.9 Å². The van der Waals surface area contributed by atoms with Gasteiger partial charge in [-0.3, -0.25) is 4.79 Å². The van der Waals surface area contributed by atoms with Crippen LogP contribution in [0.3, 0.4) is 0 Å². The largest absolute Gasteiger partial charge is 0.398 e. The third kappa shape index (κ3) is 2.81. The summed E-state index contributed by atoms with van der Waals surface area (Å²) in [7, 11) is 0. The second-order valence-electron chi connectivity index (χ2n) is 4.04. The predicted octanol–water partition coefficient (Wildman–Crippen LogP) is 3.48. The maximum Gasteiger partial charge on any atom is 0.255 e. The quantitative estimate of drug-likeness (QED) is 0.812. The number of carbonyl (C=O) groups excluding carboxylic acids is 1. The Balaban J connectivity index is 2.18. The molecule has 1 amide bonds. The summed E-state index contributed by atoms with van der Waals surface area (Å²) in [6.07, 6.45) is 0. The maximum atomic E-state index is 12.0. The molecule has 0 saturated heterocycles. The first-order valence-electron chi connectivity index (χ1n) is 5.49. The molecule has 0 heterocycles. The summed E-state index contributed by atoms with van der Waals surface area (Å²) in [5.74, 6) is -0.208. The Hall–Kier alpha value is -2.00. The van der Waals surface area contributed by atoms with Crippen LogP contribution in [0.25, 0.3) is 0 Å². The monoisotopic (exact) mass is 260 g/mol. The number of benzene rings is 2. The van der Waals surface area contributed by atoms with Gasteiger partial charge < -0.3 is 11.1 Å². The number of nitrogen functional groups attached to an aromatic ring is 1. The number of nitrogens with two attached hydrogens (primary N) is 1. The van der Waals surface area contributed by atoms with Gasteiger partial charge in [0.2, 0.25) is 0 Å². The van der Waals surface area contributed by atoms with E-state index in [1.165, 1.54) is 0 Å². The van der Waals surface area contributed by atoms with Crippen LogP contribution in [0.4, 0.5) is 11.4 Å². The van der Waals surface area contributed by atoms with Crippen molar-refractivity contribution in [1.29, 1.82) is 0 Å². The molecule has 2 rings (SSSR count). The van der Waals surface area contributed by atoms with E-state index in [-0.39, 0.29) is 5.91 Å². The zero-order valence-corrected chi connectivity index (χ0v) is 10.7. The molecule has 0 spiro atoms. The Morgan fingerprint density at radius 1 is 1.22 bits per heavy atom. The summed E-state index contributed by atoms with van der Waals surface area (Å²) in [5.41, 5.74) is 8.61. The van der Waals surface area contributed by atoms with E-state index in [1.54, 1.807) is 30.3 Å². The standard InChI is InChI=1S/C14H13ClN2O/c1-9-5-6-12(8-13(9)16)17-14(18)10-3-2-4-11(15)7-10/h2-8H,16H2,1H3,(H,17,18). The average Bonchev–Trinajstić information content (AvgIpc) is 2.34. The Bertz CT molecular complexity index is 596. The normalized spacial score (nSPS) is 10.1. The molecule has 18 heavy (non-hydrogen) atoms. The molecule has 2 aromatic rings. The van der Waals surface area contributed by atoms with Crippen molar-refractivity contribution in [2.45, 2.75) is 6.92 Å². The van der Waals surface area contributed by atoms with Crippen LogP contribution in [-0.2, 0) is 0 Å². The van der Waals surface area contributed by atoms with E-state index >= 15 is 0 Å². The van der Waals surface area contributed by atoms with E-state index in [1.807, 2.05) is 19.1 Å². The van der Waals surface area contributed by atoms with Gasteiger partial charge in [0.15, 0.2) is 0 Å². The van der Waals surface area contributed by atoms with Crippen molar-refractivity contribution in [2.75, 3.05) is 11.1 Å². The number of aryl methyl sites for hydroxylation is 1. The summed E-state index contributed by atoms with van der Waals surface area (Å²) < 4.78 is 0. The second kappa shape index (κ2) is 5.10. The minimum Gasteiger partial charge on any atom is -0.398 e. The molecule has 0 atom stereocenters. The van der Waals surface area contributed by atoms with Gasteiger partial charge >= 0.3 is 0 Å². The van der Waals surface area contributed by atoms with Crippen molar-refractivity contribution >= 4 is 28.9 Å². The summed E-state index contributed by atoms with van der Waals surface area (Å²) in [6, 6.07) is 12.2. The lowest BCUT2D eigenvalue weighted by Gasteiger charge is -2.07. The molecular weight excluding hydrogens is 248 g/mol. The van der Waals surface area contributed by atoms with Gasteiger partial charge in [0.25, 0.3) is 5.91 Å². The maximum absolute atomic E-state index is 12.0. The molecule has 92 valence electrons. The first kappa shape index (κ1) is 12.5. The van der Waals surface area contributed by atoms with Crippen LogP contribution < -0.4 is 11.1 Å². The lowest BCUT2D eigenvalue weighted by molar-refractivity contribution is 0.102. The highest BCUT2D eigenvalue weighted by Crippen LogP contribution is 2.18. The predicted molar refractivity (Wildman–Crippen MR) is 75.0 cm³/mol. The molecule has 0 aliphatic rings. The minimum absolute atomic E-state index is 0.208. The lowest BCUT2D eigenvalue weighted by atomic mass is 10.1. The molecule has 2 aromatic carbocycles. The number of carbonyl (C=O) groups is 1. The first-order valence-corrected chi connectivity index (χ1v) is 5.87. The fourth-order valence-corrected chi connectivity index (χ4v) is 1.74. The van der Waals surface area contributed by atoms with Crippen LogP contribution in [0, 0.1) is 6.92 Å². The summed E-state index contributed by atoms with van der Waals surface area (Å²) >= 11 is 5.84. The SMILES string of the molecule is Cc1ccc(NC(=O)c2cccc(Cl)c2)cc1N. The molecule has 0 bridgehead atoms. The molecular formula is C14H13ClN2O. The number of hydrogen-bond donors (Lipinski definition) is 2. The van der Waals surface area contributed by atoms with Crippen LogP contribution in [0.2, 0.25) is 5.02 Å². The minimum atomic E-state index is -0.208. The van der Waals surface area contributed by atoms with Gasteiger partial charge in [-0.2, -0.15) is 0 Å².